The molecule has 1 aromatic heterocycles. The highest BCUT2D eigenvalue weighted by atomic mass is 16.1. The van der Waals surface area contributed by atoms with Crippen molar-refractivity contribution in [3.63, 3.8) is 0 Å². The molecule has 0 bridgehead atoms. The molecule has 1 fully saturated rings. The van der Waals surface area contributed by atoms with Gasteiger partial charge in [-0.15, -0.1) is 0 Å². The zero-order valence-corrected chi connectivity index (χ0v) is 9.57. The van der Waals surface area contributed by atoms with Crippen molar-refractivity contribution in [1.82, 2.24) is 20.4 Å². The number of aryl methyl sites for hydroxylation is 1. The van der Waals surface area contributed by atoms with Gasteiger partial charge in [-0.2, -0.15) is 5.10 Å². The van der Waals surface area contributed by atoms with E-state index in [1.54, 1.807) is 0 Å². The average molecular weight is 222 g/mol. The molecule has 16 heavy (non-hydrogen) atoms. The van der Waals surface area contributed by atoms with Crippen molar-refractivity contribution in [2.24, 2.45) is 7.05 Å². The predicted octanol–water partition coefficient (Wildman–Crippen LogP) is -0.169. The molecule has 1 aromatic rings. The Kier molecular flexibility index (Phi) is 3.56. The van der Waals surface area contributed by atoms with E-state index in [4.69, 9.17) is 0 Å². The quantitative estimate of drug-likeness (QED) is 0.680. The Hall–Kier alpha value is -1.36. The van der Waals surface area contributed by atoms with E-state index in [9.17, 15) is 4.79 Å². The first-order valence-electron chi connectivity index (χ1n) is 5.72. The fourth-order valence-corrected chi connectivity index (χ4v) is 1.97. The summed E-state index contributed by atoms with van der Waals surface area (Å²) in [7, 11) is 1.95. The van der Waals surface area contributed by atoms with Gasteiger partial charge >= 0.3 is 0 Å². The van der Waals surface area contributed by atoms with Crippen LogP contribution in [0, 0.1) is 0 Å². The number of carbonyl (C=O) groups is 1. The summed E-state index contributed by atoms with van der Waals surface area (Å²) in [6.45, 7) is 1.79. The van der Waals surface area contributed by atoms with Crippen LogP contribution >= 0.6 is 0 Å². The molecule has 2 N–H and O–H groups in total. The van der Waals surface area contributed by atoms with Crippen LogP contribution in [0.25, 0.3) is 0 Å². The van der Waals surface area contributed by atoms with E-state index in [0.29, 0.717) is 12.5 Å². The van der Waals surface area contributed by atoms with E-state index < -0.39 is 0 Å². The lowest BCUT2D eigenvalue weighted by molar-refractivity contribution is -0.119. The molecule has 0 spiro atoms. The van der Waals surface area contributed by atoms with Gasteiger partial charge in [-0.25, -0.2) is 0 Å². The normalized spacial score (nSPS) is 20.1. The molecule has 5 heteroatoms. The number of hydrogen-bond acceptors (Lipinski definition) is 3. The molecule has 2 heterocycles. The monoisotopic (exact) mass is 222 g/mol. The molecule has 0 aliphatic carbocycles. The molecular weight excluding hydrogens is 204 g/mol. The highest BCUT2D eigenvalue weighted by Gasteiger charge is 2.19. The average Bonchev–Trinajstić information content (AvgIpc) is 2.83. The zero-order chi connectivity index (χ0) is 11.4. The molecule has 1 saturated heterocycles. The molecule has 1 aliphatic rings. The van der Waals surface area contributed by atoms with Crippen molar-refractivity contribution >= 4 is 5.91 Å². The highest BCUT2D eigenvalue weighted by Crippen LogP contribution is 2.04. The van der Waals surface area contributed by atoms with Gasteiger partial charge in [0.15, 0.2) is 0 Å². The molecule has 1 amide bonds. The number of rotatable bonds is 5. The van der Waals surface area contributed by atoms with Crippen molar-refractivity contribution in [2.75, 3.05) is 13.1 Å². The van der Waals surface area contributed by atoms with Gasteiger partial charge in [0.2, 0.25) is 5.91 Å². The van der Waals surface area contributed by atoms with E-state index in [2.05, 4.69) is 15.7 Å². The summed E-state index contributed by atoms with van der Waals surface area (Å²) < 4.78 is 1.89. The number of amides is 1. The summed E-state index contributed by atoms with van der Waals surface area (Å²) in [5.41, 5.74) is 1.22. The number of aromatic nitrogens is 2. The van der Waals surface area contributed by atoms with Crippen LogP contribution in [0.1, 0.15) is 18.5 Å². The fourth-order valence-electron chi connectivity index (χ4n) is 1.97. The van der Waals surface area contributed by atoms with Crippen molar-refractivity contribution in [3.05, 3.63) is 18.0 Å². The number of hydrogen-bond donors (Lipinski definition) is 2. The Morgan fingerprint density at radius 3 is 3.19 bits per heavy atom. The Balaban J connectivity index is 1.62. The number of nitrogens with one attached hydrogen (secondary N) is 2. The minimum absolute atomic E-state index is 0.179. The van der Waals surface area contributed by atoms with Gasteiger partial charge in [0.1, 0.15) is 0 Å². The number of carbonyl (C=O) groups excluding carboxylic acids is 1. The Bertz CT molecular complexity index is 361. The molecule has 88 valence electrons. The van der Waals surface area contributed by atoms with E-state index in [1.165, 1.54) is 5.69 Å². The lowest BCUT2D eigenvalue weighted by Crippen LogP contribution is -2.36. The summed E-state index contributed by atoms with van der Waals surface area (Å²) in [5.74, 6) is 0.179. The molecule has 0 radical (unpaired) electrons. The molecule has 2 rings (SSSR count). The van der Waals surface area contributed by atoms with Crippen LogP contribution in [0.15, 0.2) is 12.3 Å². The lowest BCUT2D eigenvalue weighted by atomic mass is 10.2. The van der Waals surface area contributed by atoms with E-state index >= 15 is 0 Å². The third-order valence-electron chi connectivity index (χ3n) is 2.96. The molecule has 0 saturated carbocycles. The van der Waals surface area contributed by atoms with Crippen LogP contribution in [0.5, 0.6) is 0 Å². The van der Waals surface area contributed by atoms with Gasteiger partial charge in [0.25, 0.3) is 0 Å². The Morgan fingerprint density at radius 1 is 1.69 bits per heavy atom. The zero-order valence-electron chi connectivity index (χ0n) is 9.57. The topological polar surface area (TPSA) is 59.0 Å². The number of nitrogens with zero attached hydrogens (tertiary/aromatic N) is 2. The highest BCUT2D eigenvalue weighted by molar-refractivity contribution is 5.78. The van der Waals surface area contributed by atoms with Crippen molar-refractivity contribution in [2.45, 2.75) is 25.3 Å². The second-order valence-corrected chi connectivity index (χ2v) is 4.20. The summed E-state index contributed by atoms with van der Waals surface area (Å²) in [6.07, 6.45) is 4.41. The molecule has 1 unspecified atom stereocenters. The van der Waals surface area contributed by atoms with E-state index in [1.807, 2.05) is 24.0 Å². The van der Waals surface area contributed by atoms with Gasteiger partial charge < -0.3 is 10.6 Å². The second-order valence-electron chi connectivity index (χ2n) is 4.20. The molecular formula is C11H18N4O. The molecule has 5 nitrogen and oxygen atoms in total. The van der Waals surface area contributed by atoms with Crippen LogP contribution in [-0.4, -0.2) is 34.8 Å². The fraction of sp³-hybridized carbons (Fsp3) is 0.636. The Labute approximate surface area is 95.2 Å². The summed E-state index contributed by atoms with van der Waals surface area (Å²) in [6, 6.07) is 2.35. The molecule has 1 atom stereocenters. The van der Waals surface area contributed by atoms with Crippen LogP contribution in [0.2, 0.25) is 0 Å². The molecule has 1 aliphatic heterocycles. The Morgan fingerprint density at radius 2 is 2.56 bits per heavy atom. The smallest absolute Gasteiger partial charge is 0.220 e. The van der Waals surface area contributed by atoms with Crippen LogP contribution < -0.4 is 10.6 Å². The largest absolute Gasteiger partial charge is 0.352 e. The van der Waals surface area contributed by atoms with Crippen molar-refractivity contribution in [3.8, 4) is 0 Å². The van der Waals surface area contributed by atoms with Gasteiger partial charge in [0, 0.05) is 50.9 Å². The first-order chi connectivity index (χ1) is 7.75. The van der Waals surface area contributed by atoms with Gasteiger partial charge in [-0.3, -0.25) is 9.48 Å². The van der Waals surface area contributed by atoms with E-state index in [-0.39, 0.29) is 5.91 Å². The van der Waals surface area contributed by atoms with Crippen LogP contribution in [-0.2, 0) is 18.3 Å². The maximum Gasteiger partial charge on any atom is 0.220 e. The van der Waals surface area contributed by atoms with Crippen LogP contribution in [0.4, 0.5) is 0 Å². The van der Waals surface area contributed by atoms with Crippen LogP contribution in [0.3, 0.4) is 0 Å². The second kappa shape index (κ2) is 5.12. The van der Waals surface area contributed by atoms with Crippen molar-refractivity contribution in [1.29, 1.82) is 0 Å². The first kappa shape index (κ1) is 11.1. The minimum atomic E-state index is 0.179. The van der Waals surface area contributed by atoms with Gasteiger partial charge in [0.05, 0.1) is 0 Å². The first-order valence-corrected chi connectivity index (χ1v) is 5.72. The third kappa shape index (κ3) is 2.82. The predicted molar refractivity (Wildman–Crippen MR) is 60.9 cm³/mol. The third-order valence-corrected chi connectivity index (χ3v) is 2.96. The lowest BCUT2D eigenvalue weighted by Gasteiger charge is -2.11. The standard InChI is InChI=1S/C11H18N4O/c1-15-10(5-7-13-15)4-6-12-8-9-2-3-11(16)14-9/h5,7,9,12H,2-4,6,8H2,1H3,(H,14,16). The minimum Gasteiger partial charge on any atom is -0.352 e. The van der Waals surface area contributed by atoms with Crippen molar-refractivity contribution < 1.29 is 4.79 Å². The van der Waals surface area contributed by atoms with Gasteiger partial charge in [-0.1, -0.05) is 0 Å². The SMILES string of the molecule is Cn1nccc1CCNCC1CCC(=O)N1. The van der Waals surface area contributed by atoms with E-state index in [0.717, 1.165) is 25.9 Å². The van der Waals surface area contributed by atoms with Gasteiger partial charge in [-0.05, 0) is 12.5 Å². The molecule has 0 aromatic carbocycles. The maximum absolute atomic E-state index is 11.0. The maximum atomic E-state index is 11.0. The summed E-state index contributed by atoms with van der Waals surface area (Å²) in [4.78, 5) is 11.0. The summed E-state index contributed by atoms with van der Waals surface area (Å²) >= 11 is 0. The summed E-state index contributed by atoms with van der Waals surface area (Å²) in [5, 5.41) is 10.4.